The van der Waals surface area contributed by atoms with Crippen molar-refractivity contribution in [3.05, 3.63) is 53.6 Å². The molecule has 0 atom stereocenters. The fourth-order valence-corrected chi connectivity index (χ4v) is 3.67. The predicted molar refractivity (Wildman–Crippen MR) is 100 cm³/mol. The van der Waals surface area contributed by atoms with Crippen molar-refractivity contribution in [3.8, 4) is 0 Å². The van der Waals surface area contributed by atoms with E-state index in [0.717, 1.165) is 0 Å². The van der Waals surface area contributed by atoms with Gasteiger partial charge in [-0.25, -0.2) is 8.42 Å². The summed E-state index contributed by atoms with van der Waals surface area (Å²) < 4.78 is 27.7. The molecule has 2 aromatic rings. The van der Waals surface area contributed by atoms with Crippen molar-refractivity contribution in [1.82, 2.24) is 0 Å². The zero-order valence-electron chi connectivity index (χ0n) is 14.6. The number of nitrogens with two attached hydrogens (primary N) is 1. The first kappa shape index (κ1) is 19.5. The van der Waals surface area contributed by atoms with E-state index in [1.165, 1.54) is 6.07 Å². The van der Waals surface area contributed by atoms with E-state index >= 15 is 0 Å². The van der Waals surface area contributed by atoms with Crippen LogP contribution in [0.1, 0.15) is 24.5 Å². The number of rotatable bonds is 7. The number of hydrogen-bond donors (Lipinski definition) is 3. The van der Waals surface area contributed by atoms with E-state index in [4.69, 9.17) is 5.73 Å². The number of carbonyl (C=O) groups is 2. The highest BCUT2D eigenvalue weighted by Crippen LogP contribution is 2.23. The van der Waals surface area contributed by atoms with Crippen LogP contribution in [0.15, 0.2) is 47.4 Å². The van der Waals surface area contributed by atoms with Crippen LogP contribution in [0.4, 0.5) is 11.4 Å². The number of amides is 2. The zero-order chi connectivity index (χ0) is 19.3. The number of carbonyl (C=O) groups excluding carboxylic acids is 2. The summed E-state index contributed by atoms with van der Waals surface area (Å²) in [5.74, 6) is -0.599. The second-order valence-electron chi connectivity index (χ2n) is 5.83. The van der Waals surface area contributed by atoms with Gasteiger partial charge in [-0.05, 0) is 48.4 Å². The lowest BCUT2D eigenvalue weighted by Gasteiger charge is -2.12. The Balaban J connectivity index is 2.19. The molecule has 0 fully saturated rings. The van der Waals surface area contributed by atoms with E-state index in [1.54, 1.807) is 50.2 Å². The minimum absolute atomic E-state index is 0.0943. The van der Waals surface area contributed by atoms with Crippen LogP contribution in [-0.2, 0) is 26.0 Å². The molecule has 4 N–H and O–H groups in total. The third-order valence-corrected chi connectivity index (χ3v) is 5.20. The van der Waals surface area contributed by atoms with Crippen molar-refractivity contribution < 1.29 is 18.0 Å². The molecular formula is C18H21N3O4S. The topological polar surface area (TPSA) is 118 Å². The smallest absolute Gasteiger partial charge is 0.262 e. The molecule has 0 spiro atoms. The summed E-state index contributed by atoms with van der Waals surface area (Å²) in [4.78, 5) is 22.5. The van der Waals surface area contributed by atoms with Gasteiger partial charge in [-0.2, -0.15) is 0 Å². The average molecular weight is 375 g/mol. The molecule has 2 rings (SSSR count). The van der Waals surface area contributed by atoms with E-state index in [-0.39, 0.29) is 17.2 Å². The van der Waals surface area contributed by atoms with Crippen molar-refractivity contribution in [2.45, 2.75) is 31.6 Å². The maximum absolute atomic E-state index is 12.6. The molecule has 2 aromatic carbocycles. The number of anilines is 2. The molecule has 7 nitrogen and oxygen atoms in total. The highest BCUT2D eigenvalue weighted by atomic mass is 32.2. The van der Waals surface area contributed by atoms with Crippen LogP contribution in [0, 0.1) is 6.92 Å². The highest BCUT2D eigenvalue weighted by molar-refractivity contribution is 7.92. The van der Waals surface area contributed by atoms with Crippen LogP contribution in [0.3, 0.4) is 0 Å². The third-order valence-electron chi connectivity index (χ3n) is 3.65. The van der Waals surface area contributed by atoms with Crippen LogP contribution in [0.25, 0.3) is 0 Å². The number of hydrogen-bond acceptors (Lipinski definition) is 4. The Bertz CT molecular complexity index is 922. The van der Waals surface area contributed by atoms with Gasteiger partial charge < -0.3 is 11.1 Å². The fraction of sp³-hybridized carbons (Fsp3) is 0.222. The molecule has 0 bridgehead atoms. The molecule has 0 aliphatic heterocycles. The molecule has 26 heavy (non-hydrogen) atoms. The first-order valence-electron chi connectivity index (χ1n) is 8.02. The summed E-state index contributed by atoms with van der Waals surface area (Å²) in [6.07, 6.45) is 0.434. The van der Waals surface area contributed by atoms with E-state index < -0.39 is 15.9 Å². The molecule has 0 heterocycles. The second-order valence-corrected chi connectivity index (χ2v) is 7.48. The molecule has 138 valence electrons. The van der Waals surface area contributed by atoms with E-state index in [9.17, 15) is 18.0 Å². The van der Waals surface area contributed by atoms with Gasteiger partial charge in [-0.1, -0.05) is 19.1 Å². The fourth-order valence-electron chi connectivity index (χ4n) is 2.38. The van der Waals surface area contributed by atoms with Crippen LogP contribution in [0.2, 0.25) is 0 Å². The van der Waals surface area contributed by atoms with Gasteiger partial charge in [0.25, 0.3) is 10.0 Å². The molecule has 0 radical (unpaired) electrons. The zero-order valence-corrected chi connectivity index (χ0v) is 15.4. The number of benzene rings is 2. The molecule has 0 aliphatic carbocycles. The minimum atomic E-state index is -3.79. The maximum atomic E-state index is 12.6. The van der Waals surface area contributed by atoms with Crippen molar-refractivity contribution in [3.63, 3.8) is 0 Å². The Hall–Kier alpha value is -2.87. The van der Waals surface area contributed by atoms with E-state index in [2.05, 4.69) is 10.0 Å². The van der Waals surface area contributed by atoms with Crippen molar-refractivity contribution in [2.24, 2.45) is 5.73 Å². The summed E-state index contributed by atoms with van der Waals surface area (Å²) in [5, 5.41) is 2.69. The molecule has 2 amide bonds. The van der Waals surface area contributed by atoms with Gasteiger partial charge >= 0.3 is 0 Å². The van der Waals surface area contributed by atoms with Crippen molar-refractivity contribution in [2.75, 3.05) is 10.0 Å². The van der Waals surface area contributed by atoms with Gasteiger partial charge in [-0.15, -0.1) is 0 Å². The average Bonchev–Trinajstić information content (AvgIpc) is 2.55. The largest absolute Gasteiger partial charge is 0.369 e. The Labute approximate surface area is 152 Å². The predicted octanol–water partition coefficient (Wildman–Crippen LogP) is 2.17. The monoisotopic (exact) mass is 375 g/mol. The Morgan fingerprint density at radius 1 is 1.04 bits per heavy atom. The Morgan fingerprint density at radius 3 is 2.19 bits per heavy atom. The highest BCUT2D eigenvalue weighted by Gasteiger charge is 2.17. The number of aryl methyl sites for hydroxylation is 1. The van der Waals surface area contributed by atoms with Gasteiger partial charge in [0.1, 0.15) is 0 Å². The van der Waals surface area contributed by atoms with Crippen molar-refractivity contribution >= 4 is 33.2 Å². The molecule has 0 unspecified atom stereocenters. The van der Waals surface area contributed by atoms with Crippen LogP contribution < -0.4 is 15.8 Å². The summed E-state index contributed by atoms with van der Waals surface area (Å²) in [6.45, 7) is 3.39. The van der Waals surface area contributed by atoms with Gasteiger partial charge in [0, 0.05) is 17.8 Å². The summed E-state index contributed by atoms with van der Waals surface area (Å²) in [7, 11) is -3.79. The van der Waals surface area contributed by atoms with E-state index in [0.29, 0.717) is 28.9 Å². The quantitative estimate of drug-likeness (QED) is 0.687. The molecular weight excluding hydrogens is 354 g/mol. The molecule has 8 heteroatoms. The number of nitrogens with one attached hydrogen (secondary N) is 2. The normalized spacial score (nSPS) is 11.0. The number of sulfonamides is 1. The SMILES string of the molecule is CCC(=O)Nc1ccc(S(=O)(=O)Nc2ccc(CC(N)=O)cc2)c(C)c1. The Kier molecular flexibility index (Phi) is 5.99. The van der Waals surface area contributed by atoms with Gasteiger partial charge in [0.15, 0.2) is 0 Å². The molecule has 0 aliphatic rings. The third kappa shape index (κ3) is 5.06. The standard InChI is InChI=1S/C18H21N3O4S/c1-3-18(23)20-15-8-9-16(12(2)10-15)26(24,25)21-14-6-4-13(5-7-14)11-17(19)22/h4-10,21H,3,11H2,1-2H3,(H2,19,22)(H,20,23). The lowest BCUT2D eigenvalue weighted by molar-refractivity contribution is -0.117. The minimum Gasteiger partial charge on any atom is -0.369 e. The summed E-state index contributed by atoms with van der Waals surface area (Å²) in [5.41, 5.74) is 7.27. The first-order chi connectivity index (χ1) is 12.2. The van der Waals surface area contributed by atoms with Gasteiger partial charge in [0.2, 0.25) is 11.8 Å². The lowest BCUT2D eigenvalue weighted by Crippen LogP contribution is -2.16. The first-order valence-corrected chi connectivity index (χ1v) is 9.50. The van der Waals surface area contributed by atoms with Crippen LogP contribution in [-0.4, -0.2) is 20.2 Å². The van der Waals surface area contributed by atoms with Crippen molar-refractivity contribution in [1.29, 1.82) is 0 Å². The summed E-state index contributed by atoms with van der Waals surface area (Å²) >= 11 is 0. The second kappa shape index (κ2) is 8.01. The maximum Gasteiger partial charge on any atom is 0.262 e. The molecule has 0 aromatic heterocycles. The number of primary amides is 1. The van der Waals surface area contributed by atoms with E-state index in [1.807, 2.05) is 0 Å². The lowest BCUT2D eigenvalue weighted by atomic mass is 10.1. The van der Waals surface area contributed by atoms with Gasteiger partial charge in [-0.3, -0.25) is 14.3 Å². The van der Waals surface area contributed by atoms with Crippen LogP contribution in [0.5, 0.6) is 0 Å². The Morgan fingerprint density at radius 2 is 1.65 bits per heavy atom. The van der Waals surface area contributed by atoms with Gasteiger partial charge in [0.05, 0.1) is 11.3 Å². The molecule has 0 saturated heterocycles. The molecule has 0 saturated carbocycles. The summed E-state index contributed by atoms with van der Waals surface area (Å²) in [6, 6.07) is 11.0. The van der Waals surface area contributed by atoms with Crippen LogP contribution >= 0.6 is 0 Å².